The van der Waals surface area contributed by atoms with Crippen molar-refractivity contribution < 1.29 is 84.0 Å². The van der Waals surface area contributed by atoms with Crippen molar-refractivity contribution in [1.82, 2.24) is 0 Å². The van der Waals surface area contributed by atoms with Crippen LogP contribution in [0.5, 0.6) is 0 Å². The first-order chi connectivity index (χ1) is 14.9. The molecule has 2 rings (SSSR count). The number of aliphatic hydroxyl groups is 1. The molecule has 0 saturated heterocycles. The fourth-order valence-electron chi connectivity index (χ4n) is 4.29. The molecule has 0 aromatic heterocycles. The van der Waals surface area contributed by atoms with Gasteiger partial charge < -0.3 is 24.9 Å². The number of unbranched alkanes of at least 4 members (excludes halogenated alkanes) is 4. The van der Waals surface area contributed by atoms with E-state index in [9.17, 15) is 24.9 Å². The van der Waals surface area contributed by atoms with Gasteiger partial charge in [-0.2, -0.15) is 0 Å². The number of carbonyl (C=O) groups excluding carboxylic acids is 2. The van der Waals surface area contributed by atoms with E-state index < -0.39 is 17.5 Å². The molecule has 0 amide bonds. The van der Waals surface area contributed by atoms with E-state index in [1.165, 1.54) is 12.1 Å². The average molecular weight is 471 g/mol. The Bertz CT molecular complexity index is 826. The predicted molar refractivity (Wildman–Crippen MR) is 116 cm³/mol. The molecule has 2 aromatic carbocycles. The van der Waals surface area contributed by atoms with E-state index in [1.54, 1.807) is 12.1 Å². The van der Waals surface area contributed by atoms with E-state index in [0.29, 0.717) is 12.0 Å². The zero-order valence-corrected chi connectivity index (χ0v) is 24.2. The van der Waals surface area contributed by atoms with Crippen LogP contribution < -0.4 is 69.3 Å². The second kappa shape index (κ2) is 16.9. The van der Waals surface area contributed by atoms with Crippen LogP contribution in [0, 0.1) is 5.92 Å². The monoisotopic (exact) mass is 470 g/mol. The fourth-order valence-corrected chi connectivity index (χ4v) is 4.29. The Kier molecular flexibility index (Phi) is 16.5. The zero-order chi connectivity index (χ0) is 22.7. The zero-order valence-electron chi connectivity index (χ0n) is 20.2. The Labute approximate surface area is 241 Å². The van der Waals surface area contributed by atoms with Gasteiger partial charge in [0.2, 0.25) is 0 Å². The molecular weight excluding hydrogens is 438 g/mol. The van der Waals surface area contributed by atoms with Crippen LogP contribution in [0.15, 0.2) is 54.6 Å². The third-order valence-corrected chi connectivity index (χ3v) is 5.94. The van der Waals surface area contributed by atoms with Crippen LogP contribution in [0.25, 0.3) is 0 Å². The van der Waals surface area contributed by atoms with Crippen molar-refractivity contribution in [2.75, 3.05) is 0 Å². The first-order valence-corrected chi connectivity index (χ1v) is 11.2. The van der Waals surface area contributed by atoms with Crippen molar-refractivity contribution in [2.45, 2.75) is 70.3 Å². The van der Waals surface area contributed by atoms with Gasteiger partial charge in [-0.1, -0.05) is 93.6 Å². The van der Waals surface area contributed by atoms with E-state index in [2.05, 4.69) is 6.92 Å². The van der Waals surface area contributed by atoms with Gasteiger partial charge >= 0.3 is 59.1 Å². The summed E-state index contributed by atoms with van der Waals surface area (Å²) in [4.78, 5) is 21.7. The first kappa shape index (κ1) is 32.3. The molecular formula is C26H32Na2O5. The molecule has 33 heavy (non-hydrogen) atoms. The number of hydrogen-bond donors (Lipinski definition) is 1. The van der Waals surface area contributed by atoms with E-state index >= 15 is 0 Å². The Hall–Kier alpha value is -0.660. The van der Waals surface area contributed by atoms with Crippen molar-refractivity contribution in [2.24, 2.45) is 5.92 Å². The molecule has 0 heterocycles. The summed E-state index contributed by atoms with van der Waals surface area (Å²) in [6.07, 6.45) is 7.04. The van der Waals surface area contributed by atoms with Gasteiger partial charge in [-0.05, 0) is 48.3 Å². The summed E-state index contributed by atoms with van der Waals surface area (Å²) in [6, 6.07) is 15.9. The molecule has 168 valence electrons. The summed E-state index contributed by atoms with van der Waals surface area (Å²) < 4.78 is 0. The van der Waals surface area contributed by atoms with Crippen LogP contribution in [0.2, 0.25) is 0 Å². The molecule has 0 aliphatic rings. The fraction of sp³-hybridized carbons (Fsp3) is 0.462. The molecule has 2 aromatic rings. The second-order valence-electron chi connectivity index (χ2n) is 8.16. The van der Waals surface area contributed by atoms with Gasteiger partial charge in [0.15, 0.2) is 0 Å². The van der Waals surface area contributed by atoms with Gasteiger partial charge in [-0.25, -0.2) is 0 Å². The van der Waals surface area contributed by atoms with E-state index in [4.69, 9.17) is 0 Å². The third kappa shape index (κ3) is 9.85. The minimum atomic E-state index is -1.24. The SMILES string of the molecule is CCCC(CCCCCCCC(=O)[O-])C(O)(c1ccccc1)c1ccc(C(=O)[O-])cc1.[Na+].[Na+]. The normalized spacial score (nSPS) is 13.2. The smallest absolute Gasteiger partial charge is 0.550 e. The maximum absolute atomic E-state index is 12.0. The topological polar surface area (TPSA) is 100 Å². The molecule has 7 heteroatoms. The van der Waals surface area contributed by atoms with Gasteiger partial charge in [-0.15, -0.1) is 0 Å². The standard InChI is InChI=1S/C26H34O5.2Na/c1-2-11-21(12-7-4-3-5-10-15-24(27)28)26(31,22-13-8-6-9-14-22)23-18-16-20(17-19-23)25(29)30;;/h6,8-9,13-14,16-19,21,31H,2-5,7,10-12,15H2,1H3,(H,27,28)(H,29,30);;/q;2*+1/p-2. The number of carboxylic acids is 2. The molecule has 0 fully saturated rings. The molecule has 5 nitrogen and oxygen atoms in total. The van der Waals surface area contributed by atoms with Crippen LogP contribution in [-0.2, 0) is 10.4 Å². The molecule has 0 aliphatic carbocycles. The Morgan fingerprint density at radius 1 is 0.818 bits per heavy atom. The molecule has 0 radical (unpaired) electrons. The Morgan fingerprint density at radius 2 is 1.36 bits per heavy atom. The molecule has 0 aliphatic heterocycles. The van der Waals surface area contributed by atoms with Gasteiger partial charge in [-0.3, -0.25) is 0 Å². The maximum atomic E-state index is 12.0. The third-order valence-electron chi connectivity index (χ3n) is 5.94. The van der Waals surface area contributed by atoms with Gasteiger partial charge in [0.1, 0.15) is 5.60 Å². The van der Waals surface area contributed by atoms with Crippen molar-refractivity contribution in [1.29, 1.82) is 0 Å². The summed E-state index contributed by atoms with van der Waals surface area (Å²) in [6.45, 7) is 2.09. The number of hydrogen-bond acceptors (Lipinski definition) is 5. The number of aromatic carboxylic acids is 1. The van der Waals surface area contributed by atoms with Gasteiger partial charge in [0, 0.05) is 5.97 Å². The van der Waals surface area contributed by atoms with E-state index in [-0.39, 0.29) is 77.0 Å². The van der Waals surface area contributed by atoms with E-state index in [0.717, 1.165) is 50.5 Å². The predicted octanol–water partition coefficient (Wildman–Crippen LogP) is -2.81. The number of carbonyl (C=O) groups is 2. The van der Waals surface area contributed by atoms with Crippen molar-refractivity contribution in [3.05, 3.63) is 71.3 Å². The summed E-state index contributed by atoms with van der Waals surface area (Å²) in [5.41, 5.74) is 0.332. The molecule has 0 spiro atoms. The van der Waals surface area contributed by atoms with Crippen LogP contribution >= 0.6 is 0 Å². The van der Waals surface area contributed by atoms with Crippen molar-refractivity contribution >= 4 is 11.9 Å². The van der Waals surface area contributed by atoms with Crippen LogP contribution in [0.4, 0.5) is 0 Å². The summed E-state index contributed by atoms with van der Waals surface area (Å²) in [5.74, 6) is -2.27. The number of benzene rings is 2. The van der Waals surface area contributed by atoms with Crippen LogP contribution in [0.1, 0.15) is 86.2 Å². The van der Waals surface area contributed by atoms with Crippen LogP contribution in [0.3, 0.4) is 0 Å². The quantitative estimate of drug-likeness (QED) is 0.237. The molecule has 1 N–H and O–H groups in total. The average Bonchev–Trinajstić information content (AvgIpc) is 2.77. The minimum Gasteiger partial charge on any atom is -0.550 e. The summed E-state index contributed by atoms with van der Waals surface area (Å²) in [7, 11) is 0. The molecule has 2 atom stereocenters. The largest absolute Gasteiger partial charge is 1.00 e. The summed E-state index contributed by atoms with van der Waals surface area (Å²) >= 11 is 0. The van der Waals surface area contributed by atoms with Gasteiger partial charge in [0.25, 0.3) is 0 Å². The summed E-state index contributed by atoms with van der Waals surface area (Å²) in [5, 5.41) is 33.7. The number of aliphatic carboxylic acids is 1. The van der Waals surface area contributed by atoms with Crippen molar-refractivity contribution in [3.8, 4) is 0 Å². The number of rotatable bonds is 14. The Morgan fingerprint density at radius 3 is 1.91 bits per heavy atom. The minimum absolute atomic E-state index is 0. The van der Waals surface area contributed by atoms with Crippen LogP contribution in [-0.4, -0.2) is 17.0 Å². The van der Waals surface area contributed by atoms with Gasteiger partial charge in [0.05, 0.1) is 5.97 Å². The first-order valence-electron chi connectivity index (χ1n) is 11.2. The molecule has 2 unspecified atom stereocenters. The van der Waals surface area contributed by atoms with E-state index in [1.807, 2.05) is 30.3 Å². The maximum Gasteiger partial charge on any atom is 1.00 e. The second-order valence-corrected chi connectivity index (χ2v) is 8.16. The Balaban J connectivity index is 0.00000512. The number of carboxylic acid groups (broad SMARTS) is 2. The van der Waals surface area contributed by atoms with Crippen molar-refractivity contribution in [3.63, 3.8) is 0 Å². The molecule has 0 saturated carbocycles. The molecule has 0 bridgehead atoms.